The highest BCUT2D eigenvalue weighted by Gasteiger charge is 1.97. The molecule has 0 atom stereocenters. The Labute approximate surface area is 144 Å². The lowest BCUT2D eigenvalue weighted by molar-refractivity contribution is -0.137. The zero-order valence-corrected chi connectivity index (χ0v) is 14.4. The predicted octanol–water partition coefficient (Wildman–Crippen LogP) is 4.73. The van der Waals surface area contributed by atoms with Crippen LogP contribution in [-0.4, -0.2) is 25.5 Å². The normalized spacial score (nSPS) is 10.2. The standard InChI is InChI=1S/C20H28O4/c1-2-20(22)24-16-10-8-6-4-3-5-7-9-15-23-19-13-11-18(17-21)12-14-19/h2,11-14,17H,1,3-10,15-16H2. The van der Waals surface area contributed by atoms with Crippen molar-refractivity contribution in [3.05, 3.63) is 42.5 Å². The van der Waals surface area contributed by atoms with Gasteiger partial charge in [-0.25, -0.2) is 4.79 Å². The molecule has 24 heavy (non-hydrogen) atoms. The molecule has 0 spiro atoms. The van der Waals surface area contributed by atoms with Crippen molar-refractivity contribution in [1.29, 1.82) is 0 Å². The Kier molecular flexibility index (Phi) is 11.1. The third kappa shape index (κ3) is 9.82. The van der Waals surface area contributed by atoms with Gasteiger partial charge in [0.05, 0.1) is 13.2 Å². The highest BCUT2D eigenvalue weighted by Crippen LogP contribution is 2.13. The fourth-order valence-corrected chi connectivity index (χ4v) is 2.33. The molecule has 0 aliphatic heterocycles. The van der Waals surface area contributed by atoms with Crippen molar-refractivity contribution in [2.45, 2.75) is 51.4 Å². The van der Waals surface area contributed by atoms with Crippen LogP contribution >= 0.6 is 0 Å². The van der Waals surface area contributed by atoms with Crippen LogP contribution in [-0.2, 0) is 9.53 Å². The number of hydrogen-bond acceptors (Lipinski definition) is 4. The van der Waals surface area contributed by atoms with Gasteiger partial charge in [-0.1, -0.05) is 45.1 Å². The van der Waals surface area contributed by atoms with E-state index in [1.165, 1.54) is 38.2 Å². The Balaban J connectivity index is 1.85. The van der Waals surface area contributed by atoms with Crippen LogP contribution in [0.2, 0.25) is 0 Å². The molecule has 0 radical (unpaired) electrons. The maximum Gasteiger partial charge on any atom is 0.330 e. The Bertz CT molecular complexity index is 479. The summed E-state index contributed by atoms with van der Waals surface area (Å²) in [6, 6.07) is 7.19. The molecule has 0 amide bonds. The molecule has 1 aromatic rings. The topological polar surface area (TPSA) is 52.6 Å². The van der Waals surface area contributed by atoms with Crippen molar-refractivity contribution in [1.82, 2.24) is 0 Å². The predicted molar refractivity (Wildman–Crippen MR) is 95.4 cm³/mol. The summed E-state index contributed by atoms with van der Waals surface area (Å²) in [5.74, 6) is 0.481. The van der Waals surface area contributed by atoms with Gasteiger partial charge in [-0.15, -0.1) is 0 Å². The zero-order chi connectivity index (χ0) is 17.5. The number of benzene rings is 1. The Morgan fingerprint density at radius 2 is 1.42 bits per heavy atom. The van der Waals surface area contributed by atoms with Crippen molar-refractivity contribution in [3.63, 3.8) is 0 Å². The molecule has 0 aliphatic carbocycles. The first kappa shape index (κ1) is 19.9. The minimum Gasteiger partial charge on any atom is -0.494 e. The lowest BCUT2D eigenvalue weighted by atomic mass is 10.1. The van der Waals surface area contributed by atoms with Gasteiger partial charge in [0.2, 0.25) is 0 Å². The summed E-state index contributed by atoms with van der Waals surface area (Å²) in [5.41, 5.74) is 0.668. The van der Waals surface area contributed by atoms with Gasteiger partial charge in [0.15, 0.2) is 0 Å². The summed E-state index contributed by atoms with van der Waals surface area (Å²) in [7, 11) is 0. The van der Waals surface area contributed by atoms with Gasteiger partial charge < -0.3 is 9.47 Å². The third-order valence-electron chi connectivity index (χ3n) is 3.73. The minimum absolute atomic E-state index is 0.336. The molecule has 0 aromatic heterocycles. The van der Waals surface area contributed by atoms with Gasteiger partial charge >= 0.3 is 5.97 Å². The largest absolute Gasteiger partial charge is 0.494 e. The molecule has 0 heterocycles. The molecular formula is C20H28O4. The molecule has 0 fully saturated rings. The molecule has 1 aromatic carbocycles. The van der Waals surface area contributed by atoms with Crippen molar-refractivity contribution >= 4 is 12.3 Å². The summed E-state index contributed by atoms with van der Waals surface area (Å²) >= 11 is 0. The van der Waals surface area contributed by atoms with Crippen molar-refractivity contribution in [2.24, 2.45) is 0 Å². The van der Waals surface area contributed by atoms with E-state index in [9.17, 15) is 9.59 Å². The second-order valence-corrected chi connectivity index (χ2v) is 5.74. The fourth-order valence-electron chi connectivity index (χ4n) is 2.33. The monoisotopic (exact) mass is 332 g/mol. The van der Waals surface area contributed by atoms with Crippen molar-refractivity contribution in [3.8, 4) is 5.75 Å². The Hall–Kier alpha value is -2.10. The summed E-state index contributed by atoms with van der Waals surface area (Å²) in [6.45, 7) is 4.57. The Morgan fingerprint density at radius 1 is 0.875 bits per heavy atom. The fraction of sp³-hybridized carbons (Fsp3) is 0.500. The van der Waals surface area contributed by atoms with Crippen LogP contribution in [0.5, 0.6) is 5.75 Å². The second kappa shape index (κ2) is 13.3. The van der Waals surface area contributed by atoms with Gasteiger partial charge in [0, 0.05) is 11.6 Å². The molecule has 0 saturated heterocycles. The van der Waals surface area contributed by atoms with E-state index in [1.807, 2.05) is 12.1 Å². The van der Waals surface area contributed by atoms with Crippen LogP contribution in [0.1, 0.15) is 61.7 Å². The van der Waals surface area contributed by atoms with E-state index < -0.39 is 0 Å². The summed E-state index contributed by atoms with van der Waals surface area (Å²) in [4.78, 5) is 21.4. The molecule has 4 nitrogen and oxygen atoms in total. The van der Waals surface area contributed by atoms with E-state index in [2.05, 4.69) is 6.58 Å². The SMILES string of the molecule is C=CC(=O)OCCCCCCCCCCOc1ccc(C=O)cc1. The van der Waals surface area contributed by atoms with E-state index in [1.54, 1.807) is 12.1 Å². The van der Waals surface area contributed by atoms with Crippen LogP contribution in [0.15, 0.2) is 36.9 Å². The highest BCUT2D eigenvalue weighted by atomic mass is 16.5. The smallest absolute Gasteiger partial charge is 0.330 e. The second-order valence-electron chi connectivity index (χ2n) is 5.74. The lowest BCUT2D eigenvalue weighted by Crippen LogP contribution is -2.01. The number of aldehydes is 1. The molecular weight excluding hydrogens is 304 g/mol. The number of carbonyl (C=O) groups excluding carboxylic acids is 2. The maximum atomic E-state index is 10.8. The number of ether oxygens (including phenoxy) is 2. The lowest BCUT2D eigenvalue weighted by Gasteiger charge is -2.06. The van der Waals surface area contributed by atoms with Crippen LogP contribution < -0.4 is 4.74 Å². The average Bonchev–Trinajstić information content (AvgIpc) is 2.62. The molecule has 0 unspecified atom stereocenters. The molecule has 1 rings (SSSR count). The first-order valence-corrected chi connectivity index (χ1v) is 8.73. The van der Waals surface area contributed by atoms with Gasteiger partial charge in [-0.2, -0.15) is 0 Å². The van der Waals surface area contributed by atoms with Gasteiger partial charge in [0.1, 0.15) is 12.0 Å². The quantitative estimate of drug-likeness (QED) is 0.214. The summed E-state index contributed by atoms with van der Waals surface area (Å²) in [5, 5.41) is 0. The number of carbonyl (C=O) groups is 2. The average molecular weight is 332 g/mol. The first-order chi connectivity index (χ1) is 11.8. The van der Waals surface area contributed by atoms with Crippen LogP contribution in [0.4, 0.5) is 0 Å². The van der Waals surface area contributed by atoms with E-state index >= 15 is 0 Å². The van der Waals surface area contributed by atoms with Crippen LogP contribution in [0.25, 0.3) is 0 Å². The minimum atomic E-state index is -0.336. The molecule has 0 saturated carbocycles. The van der Waals surface area contributed by atoms with E-state index in [0.29, 0.717) is 12.2 Å². The molecule has 0 bridgehead atoms. The Morgan fingerprint density at radius 3 is 1.96 bits per heavy atom. The van der Waals surface area contributed by atoms with E-state index in [-0.39, 0.29) is 5.97 Å². The van der Waals surface area contributed by atoms with Crippen LogP contribution in [0, 0.1) is 0 Å². The summed E-state index contributed by atoms with van der Waals surface area (Å²) < 4.78 is 10.6. The molecule has 0 aliphatic rings. The van der Waals surface area contributed by atoms with Crippen LogP contribution in [0.3, 0.4) is 0 Å². The third-order valence-corrected chi connectivity index (χ3v) is 3.73. The van der Waals surface area contributed by atoms with Crippen molar-refractivity contribution < 1.29 is 19.1 Å². The summed E-state index contributed by atoms with van der Waals surface area (Å²) in [6.07, 6.45) is 11.1. The number of esters is 1. The van der Waals surface area contributed by atoms with Crippen molar-refractivity contribution in [2.75, 3.05) is 13.2 Å². The number of hydrogen-bond donors (Lipinski definition) is 0. The number of unbranched alkanes of at least 4 members (excludes halogenated alkanes) is 7. The highest BCUT2D eigenvalue weighted by molar-refractivity contribution is 5.81. The maximum absolute atomic E-state index is 10.8. The zero-order valence-electron chi connectivity index (χ0n) is 14.4. The first-order valence-electron chi connectivity index (χ1n) is 8.73. The molecule has 4 heteroatoms. The van der Waals surface area contributed by atoms with E-state index in [4.69, 9.17) is 9.47 Å². The van der Waals surface area contributed by atoms with Gasteiger partial charge in [-0.05, 0) is 37.1 Å². The van der Waals surface area contributed by atoms with E-state index in [0.717, 1.165) is 37.9 Å². The molecule has 0 N–H and O–H groups in total. The number of rotatable bonds is 14. The molecule has 132 valence electrons. The van der Waals surface area contributed by atoms with Gasteiger partial charge in [0.25, 0.3) is 0 Å². The van der Waals surface area contributed by atoms with Gasteiger partial charge in [-0.3, -0.25) is 4.79 Å².